The van der Waals surface area contributed by atoms with Gasteiger partial charge in [0.2, 0.25) is 5.16 Å². The van der Waals surface area contributed by atoms with Crippen molar-refractivity contribution < 1.29 is 9.53 Å². The number of carbonyl (C=O) groups excluding carboxylic acids is 1. The summed E-state index contributed by atoms with van der Waals surface area (Å²) in [5.41, 5.74) is 0.956. The van der Waals surface area contributed by atoms with Gasteiger partial charge in [0.25, 0.3) is 0 Å². The Balaban J connectivity index is 1.70. The molecule has 0 aliphatic carbocycles. The molecule has 0 N–H and O–H groups in total. The number of nitrogens with zero attached hydrogens (tertiary/aromatic N) is 4. The van der Waals surface area contributed by atoms with Crippen LogP contribution in [0.1, 0.15) is 26.2 Å². The maximum absolute atomic E-state index is 11.1. The first-order valence-electron chi connectivity index (χ1n) is 7.61. The Morgan fingerprint density at radius 2 is 2.13 bits per heavy atom. The van der Waals surface area contributed by atoms with E-state index >= 15 is 0 Å². The molecule has 0 saturated heterocycles. The normalized spacial score (nSPS) is 11.0. The number of para-hydroxylation sites is 1. The van der Waals surface area contributed by atoms with Crippen molar-refractivity contribution in [3.63, 3.8) is 0 Å². The number of benzene rings is 1. The van der Waals surface area contributed by atoms with Crippen LogP contribution in [0.15, 0.2) is 47.6 Å². The van der Waals surface area contributed by atoms with Crippen molar-refractivity contribution in [2.45, 2.75) is 31.3 Å². The molecule has 1 aromatic heterocycles. The van der Waals surface area contributed by atoms with Crippen molar-refractivity contribution in [1.82, 2.24) is 20.2 Å². The van der Waals surface area contributed by atoms with Crippen molar-refractivity contribution >= 4 is 17.7 Å². The minimum atomic E-state index is -0.274. The molecule has 122 valence electrons. The second-order valence-electron chi connectivity index (χ2n) is 4.71. The number of aromatic nitrogens is 4. The highest BCUT2D eigenvalue weighted by Crippen LogP contribution is 2.19. The van der Waals surface area contributed by atoms with E-state index in [9.17, 15) is 4.79 Å². The van der Waals surface area contributed by atoms with Crippen LogP contribution < -0.4 is 0 Å². The first kappa shape index (κ1) is 17.2. The van der Waals surface area contributed by atoms with Crippen molar-refractivity contribution in [3.05, 3.63) is 42.5 Å². The summed E-state index contributed by atoms with van der Waals surface area (Å²) in [5, 5.41) is 12.6. The van der Waals surface area contributed by atoms with Crippen LogP contribution in [0.2, 0.25) is 0 Å². The Hall–Kier alpha value is -2.15. The van der Waals surface area contributed by atoms with Gasteiger partial charge in [0, 0.05) is 11.8 Å². The summed E-state index contributed by atoms with van der Waals surface area (Å²) in [6.45, 7) is 2.21. The van der Waals surface area contributed by atoms with Crippen molar-refractivity contribution in [2.24, 2.45) is 0 Å². The summed E-state index contributed by atoms with van der Waals surface area (Å²) >= 11 is 1.63. The Bertz CT molecular complexity index is 628. The van der Waals surface area contributed by atoms with Crippen molar-refractivity contribution in [3.8, 4) is 5.69 Å². The van der Waals surface area contributed by atoms with Gasteiger partial charge < -0.3 is 4.74 Å². The van der Waals surface area contributed by atoms with Gasteiger partial charge in [-0.05, 0) is 48.7 Å². The summed E-state index contributed by atoms with van der Waals surface area (Å²) in [6, 6.07) is 9.83. The van der Waals surface area contributed by atoms with Gasteiger partial charge in [-0.25, -0.2) is 4.79 Å². The maximum atomic E-state index is 11.1. The van der Waals surface area contributed by atoms with Crippen LogP contribution in [0.25, 0.3) is 5.69 Å². The molecule has 1 heterocycles. The third-order valence-electron chi connectivity index (χ3n) is 2.98. The van der Waals surface area contributed by atoms with E-state index in [-0.39, 0.29) is 5.97 Å². The van der Waals surface area contributed by atoms with E-state index in [1.54, 1.807) is 23.4 Å². The summed E-state index contributed by atoms with van der Waals surface area (Å²) in [6.07, 6.45) is 6.25. The first-order chi connectivity index (χ1) is 11.3. The minimum absolute atomic E-state index is 0.274. The van der Waals surface area contributed by atoms with Gasteiger partial charge in [0.1, 0.15) is 0 Å². The summed E-state index contributed by atoms with van der Waals surface area (Å²) < 4.78 is 6.56. The van der Waals surface area contributed by atoms with Gasteiger partial charge >= 0.3 is 5.97 Å². The molecule has 0 saturated carbocycles. The molecule has 0 amide bonds. The molecule has 0 aliphatic heterocycles. The minimum Gasteiger partial charge on any atom is -0.463 e. The third-order valence-corrected chi connectivity index (χ3v) is 3.98. The zero-order valence-corrected chi connectivity index (χ0v) is 13.9. The van der Waals surface area contributed by atoms with Crippen LogP contribution in [-0.2, 0) is 9.53 Å². The molecule has 7 heteroatoms. The highest BCUT2D eigenvalue weighted by Gasteiger charge is 2.07. The van der Waals surface area contributed by atoms with Gasteiger partial charge in [-0.15, -0.1) is 5.10 Å². The molecule has 23 heavy (non-hydrogen) atoms. The van der Waals surface area contributed by atoms with Crippen LogP contribution in [0.5, 0.6) is 0 Å². The Morgan fingerprint density at radius 1 is 1.30 bits per heavy atom. The summed E-state index contributed by atoms with van der Waals surface area (Å²) in [7, 11) is 0. The van der Waals surface area contributed by atoms with Crippen LogP contribution in [-0.4, -0.2) is 38.5 Å². The number of esters is 1. The zero-order chi connectivity index (χ0) is 16.3. The lowest BCUT2D eigenvalue weighted by atomic mass is 10.2. The molecule has 0 fully saturated rings. The van der Waals surface area contributed by atoms with E-state index in [0.29, 0.717) is 6.61 Å². The first-order valence-corrected chi connectivity index (χ1v) is 8.59. The lowest BCUT2D eigenvalue weighted by Gasteiger charge is -2.03. The van der Waals surface area contributed by atoms with E-state index in [0.717, 1.165) is 35.9 Å². The van der Waals surface area contributed by atoms with Gasteiger partial charge in [-0.1, -0.05) is 36.0 Å². The molecule has 0 bridgehead atoms. The van der Waals surface area contributed by atoms with E-state index in [2.05, 4.69) is 15.5 Å². The van der Waals surface area contributed by atoms with Crippen molar-refractivity contribution in [2.75, 3.05) is 12.4 Å². The topological polar surface area (TPSA) is 69.9 Å². The zero-order valence-electron chi connectivity index (χ0n) is 13.1. The van der Waals surface area contributed by atoms with Crippen molar-refractivity contribution in [1.29, 1.82) is 0 Å². The number of unbranched alkanes of at least 4 members (excludes halogenated alkanes) is 2. The lowest BCUT2D eigenvalue weighted by Crippen LogP contribution is -1.99. The van der Waals surface area contributed by atoms with Crippen LogP contribution >= 0.6 is 11.8 Å². The molecular formula is C16H20N4O2S. The lowest BCUT2D eigenvalue weighted by molar-refractivity contribution is -0.137. The van der Waals surface area contributed by atoms with E-state index in [4.69, 9.17) is 4.74 Å². The highest BCUT2D eigenvalue weighted by molar-refractivity contribution is 7.99. The molecule has 0 unspecified atom stereocenters. The van der Waals surface area contributed by atoms with Crippen LogP contribution in [0, 0.1) is 0 Å². The smallest absolute Gasteiger partial charge is 0.330 e. The molecule has 6 nitrogen and oxygen atoms in total. The second-order valence-corrected chi connectivity index (χ2v) is 5.77. The highest BCUT2D eigenvalue weighted by atomic mass is 32.2. The quantitative estimate of drug-likeness (QED) is 0.304. The number of allylic oxidation sites excluding steroid dienone is 1. The second kappa shape index (κ2) is 9.78. The molecule has 0 atom stereocenters. The SMILES string of the molecule is CCOC(=O)/C=C/CCCCSc1nnnn1-c1ccccc1. The van der Waals surface area contributed by atoms with Gasteiger partial charge in [-0.3, -0.25) is 0 Å². The van der Waals surface area contributed by atoms with Gasteiger partial charge in [-0.2, -0.15) is 4.68 Å². The molecule has 0 spiro atoms. The average molecular weight is 332 g/mol. The maximum Gasteiger partial charge on any atom is 0.330 e. The van der Waals surface area contributed by atoms with Gasteiger partial charge in [0.05, 0.1) is 12.3 Å². The molecule has 0 aliphatic rings. The van der Waals surface area contributed by atoms with Gasteiger partial charge in [0.15, 0.2) is 0 Å². The number of rotatable bonds is 9. The number of tetrazole rings is 1. The van der Waals surface area contributed by atoms with E-state index < -0.39 is 0 Å². The molecule has 1 aromatic carbocycles. The molecule has 0 radical (unpaired) electrons. The average Bonchev–Trinajstić information content (AvgIpc) is 3.03. The Morgan fingerprint density at radius 3 is 2.91 bits per heavy atom. The third kappa shape index (κ3) is 5.86. The number of hydrogen-bond acceptors (Lipinski definition) is 6. The molecule has 2 rings (SSSR count). The largest absolute Gasteiger partial charge is 0.463 e. The Labute approximate surface area is 139 Å². The molecule has 2 aromatic rings. The number of thioether (sulfide) groups is 1. The fourth-order valence-corrected chi connectivity index (χ4v) is 2.79. The summed E-state index contributed by atoms with van der Waals surface area (Å²) in [4.78, 5) is 11.1. The summed E-state index contributed by atoms with van der Waals surface area (Å²) in [5.74, 6) is 0.657. The van der Waals surface area contributed by atoms with E-state index in [1.165, 1.54) is 6.08 Å². The Kier molecular flexibility index (Phi) is 7.32. The fourth-order valence-electron chi connectivity index (χ4n) is 1.90. The monoisotopic (exact) mass is 332 g/mol. The number of carbonyl (C=O) groups is 1. The van der Waals surface area contributed by atoms with E-state index in [1.807, 2.05) is 36.4 Å². The predicted molar refractivity (Wildman–Crippen MR) is 89.5 cm³/mol. The fraction of sp³-hybridized carbons (Fsp3) is 0.375. The van der Waals surface area contributed by atoms with Crippen LogP contribution in [0.3, 0.4) is 0 Å². The number of ether oxygens (including phenoxy) is 1. The number of hydrogen-bond donors (Lipinski definition) is 0. The molecular weight excluding hydrogens is 312 g/mol. The standard InChI is InChI=1S/C16H20N4O2S/c1-2-22-15(21)12-8-3-4-9-13-23-16-17-18-19-20(16)14-10-6-5-7-11-14/h5-8,10-12H,2-4,9,13H2,1H3/b12-8+. The predicted octanol–water partition coefficient (Wildman–Crippen LogP) is 3.04. The van der Waals surface area contributed by atoms with Crippen LogP contribution in [0.4, 0.5) is 0 Å².